The number of nitrogens with zero attached hydrogens (tertiary/aromatic N) is 2. The molecule has 0 aliphatic heterocycles. The van der Waals surface area contributed by atoms with E-state index in [0.29, 0.717) is 16.6 Å². The number of rotatable bonds is 4. The normalized spacial score (nSPS) is 12.7. The van der Waals surface area contributed by atoms with Gasteiger partial charge in [-0.25, -0.2) is 0 Å². The van der Waals surface area contributed by atoms with Crippen molar-refractivity contribution in [3.63, 3.8) is 0 Å². The van der Waals surface area contributed by atoms with Crippen LogP contribution in [-0.4, -0.2) is 16.3 Å². The van der Waals surface area contributed by atoms with Crippen molar-refractivity contribution in [3.8, 4) is 0 Å². The van der Waals surface area contributed by atoms with Gasteiger partial charge in [0.2, 0.25) is 0 Å². The quantitative estimate of drug-likeness (QED) is 0.879. The smallest absolute Gasteiger partial charge is 0.0543 e. The number of hydrogen-bond acceptors (Lipinski definition) is 3. The number of thioether (sulfide) groups is 1. The molecule has 1 aromatic heterocycles. The average molecular weight is 302 g/mol. The summed E-state index contributed by atoms with van der Waals surface area (Å²) in [7, 11) is 1.88. The zero-order valence-electron chi connectivity index (χ0n) is 9.81. The molecule has 18 heavy (non-hydrogen) atoms. The number of aromatic nitrogens is 2. The van der Waals surface area contributed by atoms with E-state index < -0.39 is 0 Å². The van der Waals surface area contributed by atoms with E-state index in [-0.39, 0.29) is 5.25 Å². The summed E-state index contributed by atoms with van der Waals surface area (Å²) in [5, 5.41) is 5.63. The first kappa shape index (κ1) is 13.7. The van der Waals surface area contributed by atoms with Crippen LogP contribution in [0.3, 0.4) is 0 Å². The summed E-state index contributed by atoms with van der Waals surface area (Å²) in [6.45, 7) is 0.513. The highest BCUT2D eigenvalue weighted by atomic mass is 35.5. The summed E-state index contributed by atoms with van der Waals surface area (Å²) in [6, 6.07) is 5.42. The molecule has 3 nitrogen and oxygen atoms in total. The molecule has 0 spiro atoms. The molecule has 2 N–H and O–H groups in total. The molecule has 0 aliphatic rings. The van der Waals surface area contributed by atoms with E-state index in [0.717, 1.165) is 10.5 Å². The lowest BCUT2D eigenvalue weighted by molar-refractivity contribution is 0.766. The SMILES string of the molecule is Cn1cc(C(CN)Sc2cc(Cl)ccc2Cl)cn1. The molecular weight excluding hydrogens is 289 g/mol. The Labute approximate surface area is 120 Å². The highest BCUT2D eigenvalue weighted by molar-refractivity contribution is 7.99. The molecule has 1 aromatic carbocycles. The molecule has 0 amide bonds. The van der Waals surface area contributed by atoms with E-state index in [1.807, 2.05) is 25.5 Å². The second kappa shape index (κ2) is 5.97. The fourth-order valence-corrected chi connectivity index (χ4v) is 3.10. The summed E-state index contributed by atoms with van der Waals surface area (Å²) in [5.41, 5.74) is 6.90. The van der Waals surface area contributed by atoms with Gasteiger partial charge in [0.25, 0.3) is 0 Å². The van der Waals surface area contributed by atoms with Gasteiger partial charge in [-0.3, -0.25) is 4.68 Å². The van der Waals surface area contributed by atoms with Gasteiger partial charge in [-0.15, -0.1) is 11.8 Å². The van der Waals surface area contributed by atoms with Crippen molar-refractivity contribution in [2.24, 2.45) is 12.8 Å². The maximum absolute atomic E-state index is 6.15. The van der Waals surface area contributed by atoms with E-state index in [2.05, 4.69) is 5.10 Å². The summed E-state index contributed by atoms with van der Waals surface area (Å²) in [5.74, 6) is 0. The Morgan fingerprint density at radius 3 is 2.83 bits per heavy atom. The van der Waals surface area contributed by atoms with Crippen LogP contribution in [-0.2, 0) is 7.05 Å². The van der Waals surface area contributed by atoms with Crippen molar-refractivity contribution < 1.29 is 0 Å². The lowest BCUT2D eigenvalue weighted by atomic mass is 10.2. The molecule has 0 saturated carbocycles. The zero-order chi connectivity index (χ0) is 13.1. The minimum absolute atomic E-state index is 0.120. The van der Waals surface area contributed by atoms with Gasteiger partial charge in [0.15, 0.2) is 0 Å². The lowest BCUT2D eigenvalue weighted by Gasteiger charge is -2.13. The minimum Gasteiger partial charge on any atom is -0.329 e. The fourth-order valence-electron chi connectivity index (χ4n) is 1.58. The van der Waals surface area contributed by atoms with Gasteiger partial charge in [-0.1, -0.05) is 23.2 Å². The van der Waals surface area contributed by atoms with Crippen LogP contribution in [0.1, 0.15) is 10.8 Å². The van der Waals surface area contributed by atoms with Crippen molar-refractivity contribution in [2.45, 2.75) is 10.1 Å². The number of halogens is 2. The van der Waals surface area contributed by atoms with E-state index in [4.69, 9.17) is 28.9 Å². The molecule has 96 valence electrons. The van der Waals surface area contributed by atoms with Crippen molar-refractivity contribution in [2.75, 3.05) is 6.54 Å². The Kier molecular flexibility index (Phi) is 4.56. The Bertz CT molecular complexity index is 542. The van der Waals surface area contributed by atoms with Gasteiger partial charge in [0, 0.05) is 40.5 Å². The minimum atomic E-state index is 0.120. The molecule has 1 heterocycles. The molecule has 0 bridgehead atoms. The second-order valence-corrected chi connectivity index (χ2v) is 5.95. The molecule has 6 heteroatoms. The first-order chi connectivity index (χ1) is 8.60. The second-order valence-electron chi connectivity index (χ2n) is 3.86. The third kappa shape index (κ3) is 3.20. The van der Waals surface area contributed by atoms with E-state index in [1.165, 1.54) is 0 Å². The molecular formula is C12H13Cl2N3S. The van der Waals surface area contributed by atoms with Gasteiger partial charge in [0.05, 0.1) is 11.2 Å². The van der Waals surface area contributed by atoms with Crippen LogP contribution in [0, 0.1) is 0 Å². The monoisotopic (exact) mass is 301 g/mol. The highest BCUT2D eigenvalue weighted by Crippen LogP contribution is 2.39. The van der Waals surface area contributed by atoms with Crippen LogP contribution in [0.4, 0.5) is 0 Å². The van der Waals surface area contributed by atoms with Gasteiger partial charge in [0.1, 0.15) is 0 Å². The number of nitrogens with two attached hydrogens (primary N) is 1. The maximum Gasteiger partial charge on any atom is 0.0543 e. The van der Waals surface area contributed by atoms with Gasteiger partial charge >= 0.3 is 0 Å². The van der Waals surface area contributed by atoms with Gasteiger partial charge in [-0.2, -0.15) is 5.10 Å². The standard InChI is InChI=1S/C12H13Cl2N3S/c1-17-7-8(6-16-17)12(5-15)18-11-4-9(13)2-3-10(11)14/h2-4,6-7,12H,5,15H2,1H3. The lowest BCUT2D eigenvalue weighted by Crippen LogP contribution is -2.08. The summed E-state index contributed by atoms with van der Waals surface area (Å²) in [6.07, 6.45) is 3.78. The third-order valence-corrected chi connectivity index (χ3v) is 4.49. The van der Waals surface area contributed by atoms with Crippen molar-refractivity contribution >= 4 is 35.0 Å². The maximum atomic E-state index is 6.15. The predicted molar refractivity (Wildman–Crippen MR) is 77.3 cm³/mol. The number of aryl methyl sites for hydroxylation is 1. The van der Waals surface area contributed by atoms with Crippen LogP contribution in [0.15, 0.2) is 35.5 Å². The Morgan fingerprint density at radius 2 is 2.22 bits per heavy atom. The molecule has 0 saturated heterocycles. The molecule has 2 aromatic rings. The molecule has 0 aliphatic carbocycles. The Balaban J connectivity index is 2.22. The number of hydrogen-bond donors (Lipinski definition) is 1. The topological polar surface area (TPSA) is 43.8 Å². The Morgan fingerprint density at radius 1 is 1.44 bits per heavy atom. The van der Waals surface area contributed by atoms with Crippen LogP contribution in [0.25, 0.3) is 0 Å². The highest BCUT2D eigenvalue weighted by Gasteiger charge is 2.15. The van der Waals surface area contributed by atoms with Crippen molar-refractivity contribution in [3.05, 3.63) is 46.2 Å². The Hall–Kier alpha value is -0.680. The van der Waals surface area contributed by atoms with E-state index in [1.54, 1.807) is 28.6 Å². The van der Waals surface area contributed by atoms with Crippen LogP contribution in [0.5, 0.6) is 0 Å². The summed E-state index contributed by atoms with van der Waals surface area (Å²) < 4.78 is 1.76. The predicted octanol–water partition coefficient (Wildman–Crippen LogP) is 3.52. The van der Waals surface area contributed by atoms with Crippen molar-refractivity contribution in [1.29, 1.82) is 0 Å². The van der Waals surface area contributed by atoms with E-state index in [9.17, 15) is 0 Å². The first-order valence-corrected chi connectivity index (χ1v) is 7.04. The average Bonchev–Trinajstić information content (AvgIpc) is 2.77. The van der Waals surface area contributed by atoms with Crippen molar-refractivity contribution in [1.82, 2.24) is 9.78 Å². The molecule has 2 rings (SSSR count). The zero-order valence-corrected chi connectivity index (χ0v) is 12.1. The fraction of sp³-hybridized carbons (Fsp3) is 0.250. The summed E-state index contributed by atoms with van der Waals surface area (Å²) in [4.78, 5) is 0.934. The summed E-state index contributed by atoms with van der Waals surface area (Å²) >= 11 is 13.7. The van der Waals surface area contributed by atoms with Crippen LogP contribution >= 0.6 is 35.0 Å². The first-order valence-electron chi connectivity index (χ1n) is 5.40. The molecule has 0 fully saturated rings. The van der Waals surface area contributed by atoms with Gasteiger partial charge in [-0.05, 0) is 18.2 Å². The molecule has 1 unspecified atom stereocenters. The third-order valence-electron chi connectivity index (χ3n) is 2.47. The number of benzene rings is 1. The molecule has 1 atom stereocenters. The molecule has 0 radical (unpaired) electrons. The largest absolute Gasteiger partial charge is 0.329 e. The van der Waals surface area contributed by atoms with Crippen LogP contribution < -0.4 is 5.73 Å². The van der Waals surface area contributed by atoms with Crippen LogP contribution in [0.2, 0.25) is 10.0 Å². The van der Waals surface area contributed by atoms with Gasteiger partial charge < -0.3 is 5.73 Å². The van der Waals surface area contributed by atoms with E-state index >= 15 is 0 Å².